The van der Waals surface area contributed by atoms with Crippen LogP contribution in [0.1, 0.15) is 29.3 Å². The molecule has 4 aromatic rings. The van der Waals surface area contributed by atoms with Crippen molar-refractivity contribution in [3.8, 4) is 9.88 Å². The zero-order chi connectivity index (χ0) is 27.8. The zero-order valence-corrected chi connectivity index (χ0v) is 23.4. The van der Waals surface area contributed by atoms with Gasteiger partial charge in [-0.05, 0) is 47.5 Å². The van der Waals surface area contributed by atoms with Crippen LogP contribution in [0.4, 0.5) is 5.69 Å². The lowest BCUT2D eigenvalue weighted by atomic mass is 9.94. The van der Waals surface area contributed by atoms with Gasteiger partial charge in [-0.3, -0.25) is 18.9 Å². The summed E-state index contributed by atoms with van der Waals surface area (Å²) in [6.45, 7) is 0. The van der Waals surface area contributed by atoms with E-state index in [2.05, 4.69) is 5.32 Å². The number of aromatic nitrogens is 1. The largest absolute Gasteiger partial charge is 0.469 e. The summed E-state index contributed by atoms with van der Waals surface area (Å²) in [6.07, 6.45) is 0.654. The highest BCUT2D eigenvalue weighted by Gasteiger charge is 2.27. The van der Waals surface area contributed by atoms with E-state index in [0.717, 1.165) is 21.0 Å². The van der Waals surface area contributed by atoms with Gasteiger partial charge < -0.3 is 10.1 Å². The van der Waals surface area contributed by atoms with Gasteiger partial charge in [-0.15, -0.1) is 22.7 Å². The van der Waals surface area contributed by atoms with E-state index >= 15 is 0 Å². The number of esters is 1. The fraction of sp³-hybridized carbons (Fsp3) is 0.222. The molecule has 39 heavy (non-hydrogen) atoms. The molecular weight excluding hydrogens is 559 g/mol. The Hall–Kier alpha value is -3.58. The van der Waals surface area contributed by atoms with Gasteiger partial charge in [-0.25, -0.2) is 4.98 Å². The van der Waals surface area contributed by atoms with Crippen LogP contribution < -0.4 is 10.0 Å². The third-order valence-corrected chi connectivity index (χ3v) is 8.30. The second kappa shape index (κ2) is 13.0. The van der Waals surface area contributed by atoms with Crippen molar-refractivity contribution in [2.45, 2.75) is 25.3 Å². The molecule has 2 heterocycles. The van der Waals surface area contributed by atoms with Crippen molar-refractivity contribution in [2.24, 2.45) is 5.92 Å². The summed E-state index contributed by atoms with van der Waals surface area (Å²) in [6, 6.07) is 19.3. The molecule has 1 amide bonds. The van der Waals surface area contributed by atoms with Crippen molar-refractivity contribution >= 4 is 50.5 Å². The smallest absolute Gasteiger partial charge is 0.357 e. The fourth-order valence-electron chi connectivity index (χ4n) is 4.01. The Morgan fingerprint density at radius 1 is 0.974 bits per heavy atom. The Morgan fingerprint density at radius 3 is 2.33 bits per heavy atom. The van der Waals surface area contributed by atoms with E-state index in [1.807, 2.05) is 57.9 Å². The molecule has 2 atom stereocenters. The minimum absolute atomic E-state index is 0.0720. The molecule has 0 saturated carbocycles. The summed E-state index contributed by atoms with van der Waals surface area (Å²) in [5.74, 6) is -1.43. The molecule has 2 aromatic heterocycles. The van der Waals surface area contributed by atoms with Gasteiger partial charge in [0.1, 0.15) is 5.01 Å². The van der Waals surface area contributed by atoms with Crippen molar-refractivity contribution < 1.29 is 27.3 Å². The van der Waals surface area contributed by atoms with Gasteiger partial charge in [0, 0.05) is 5.38 Å². The summed E-state index contributed by atoms with van der Waals surface area (Å²) < 4.78 is 38.1. The van der Waals surface area contributed by atoms with E-state index in [1.54, 1.807) is 23.5 Å². The van der Waals surface area contributed by atoms with Crippen LogP contribution in [-0.4, -0.2) is 36.9 Å². The van der Waals surface area contributed by atoms with E-state index < -0.39 is 28.2 Å². The first-order chi connectivity index (χ1) is 18.7. The molecule has 4 rings (SSSR count). The molecule has 204 valence electrons. The summed E-state index contributed by atoms with van der Waals surface area (Å²) in [7, 11) is -3.09. The van der Waals surface area contributed by atoms with Crippen molar-refractivity contribution in [2.75, 3.05) is 11.8 Å². The molecule has 0 fully saturated rings. The van der Waals surface area contributed by atoms with Gasteiger partial charge in [-0.1, -0.05) is 48.5 Å². The van der Waals surface area contributed by atoms with E-state index in [9.17, 15) is 18.0 Å². The second-order valence-corrected chi connectivity index (χ2v) is 11.7. The number of benzene rings is 2. The van der Waals surface area contributed by atoms with Crippen LogP contribution in [0.25, 0.3) is 9.88 Å². The summed E-state index contributed by atoms with van der Waals surface area (Å²) in [5, 5.41) is 7.80. The number of hydrogen-bond acceptors (Lipinski definition) is 8. The van der Waals surface area contributed by atoms with Crippen LogP contribution in [0.3, 0.4) is 0 Å². The molecule has 2 aromatic carbocycles. The first-order valence-electron chi connectivity index (χ1n) is 11.9. The summed E-state index contributed by atoms with van der Waals surface area (Å²) >= 11 is 3.05. The highest BCUT2D eigenvalue weighted by Crippen LogP contribution is 2.31. The number of thiazole rings is 1. The number of ether oxygens (including phenoxy) is 1. The van der Waals surface area contributed by atoms with Crippen LogP contribution in [0.5, 0.6) is 0 Å². The lowest BCUT2D eigenvalue weighted by Crippen LogP contribution is -2.37. The SMILES string of the molecule is COC(=O)CC(Cc1ccccc1)C(=O)N[C@@H](Cc1ccc(NS(=O)(=O)O)cc1)c1csc(-c2cccs2)n1. The summed E-state index contributed by atoms with van der Waals surface area (Å²) in [5.41, 5.74) is 2.61. The molecule has 0 radical (unpaired) electrons. The maximum absolute atomic E-state index is 13.6. The zero-order valence-electron chi connectivity index (χ0n) is 20.9. The van der Waals surface area contributed by atoms with Crippen LogP contribution in [-0.2, 0) is 37.5 Å². The molecule has 12 heteroatoms. The van der Waals surface area contributed by atoms with E-state index in [0.29, 0.717) is 18.5 Å². The van der Waals surface area contributed by atoms with Crippen LogP contribution >= 0.6 is 22.7 Å². The number of hydrogen-bond donors (Lipinski definition) is 3. The first kappa shape index (κ1) is 28.4. The molecule has 3 N–H and O–H groups in total. The maximum atomic E-state index is 13.6. The number of thiophene rings is 1. The fourth-order valence-corrected chi connectivity index (χ4v) is 6.13. The van der Waals surface area contributed by atoms with Gasteiger partial charge >= 0.3 is 16.3 Å². The highest BCUT2D eigenvalue weighted by molar-refractivity contribution is 7.87. The topological polar surface area (TPSA) is 135 Å². The highest BCUT2D eigenvalue weighted by atomic mass is 32.2. The van der Waals surface area contributed by atoms with E-state index in [1.165, 1.54) is 30.6 Å². The number of methoxy groups -OCH3 is 1. The average molecular weight is 586 g/mol. The monoisotopic (exact) mass is 585 g/mol. The molecule has 0 aliphatic heterocycles. The molecule has 0 bridgehead atoms. The van der Waals surface area contributed by atoms with Crippen molar-refractivity contribution in [1.29, 1.82) is 0 Å². The van der Waals surface area contributed by atoms with Gasteiger partial charge in [0.15, 0.2) is 0 Å². The normalized spacial score (nSPS) is 12.9. The molecule has 0 saturated heterocycles. The number of rotatable bonds is 12. The number of amides is 1. The van der Waals surface area contributed by atoms with Crippen LogP contribution in [0.2, 0.25) is 0 Å². The quantitative estimate of drug-likeness (QED) is 0.159. The van der Waals surface area contributed by atoms with Gasteiger partial charge in [-0.2, -0.15) is 8.42 Å². The maximum Gasteiger partial charge on any atom is 0.357 e. The van der Waals surface area contributed by atoms with Crippen molar-refractivity contribution in [1.82, 2.24) is 10.3 Å². The average Bonchev–Trinajstić information content (AvgIpc) is 3.61. The standard InChI is InChI=1S/C27H27N3O6S3/c1-36-25(31)16-20(14-18-6-3-2-4-7-18)26(32)28-22(23-17-38-27(29-23)24-8-5-13-37-24)15-19-9-11-21(12-10-19)30-39(33,34)35/h2-13,17,20,22,30H,14-16H2,1H3,(H,28,32)(H,33,34,35)/t20?,22-/m0/s1. The molecule has 1 unspecified atom stereocenters. The Kier molecular flexibility index (Phi) is 9.46. The van der Waals surface area contributed by atoms with Crippen LogP contribution in [0.15, 0.2) is 77.5 Å². The number of anilines is 1. The number of carbonyl (C=O) groups excluding carboxylic acids is 2. The Balaban J connectivity index is 1.59. The Labute approximate surface area is 234 Å². The van der Waals surface area contributed by atoms with Gasteiger partial charge in [0.05, 0.1) is 41.7 Å². The predicted octanol–water partition coefficient (Wildman–Crippen LogP) is 4.91. The summed E-state index contributed by atoms with van der Waals surface area (Å²) in [4.78, 5) is 31.5. The molecule has 0 aliphatic rings. The third kappa shape index (κ3) is 8.45. The molecule has 0 aliphatic carbocycles. The lowest BCUT2D eigenvalue weighted by molar-refractivity contribution is -0.144. The minimum Gasteiger partial charge on any atom is -0.469 e. The number of carbonyl (C=O) groups is 2. The second-order valence-electron chi connectivity index (χ2n) is 8.76. The third-order valence-electron chi connectivity index (χ3n) is 5.90. The van der Waals surface area contributed by atoms with E-state index in [-0.39, 0.29) is 18.0 Å². The Morgan fingerprint density at radius 2 is 1.69 bits per heavy atom. The van der Waals surface area contributed by atoms with Gasteiger partial charge in [0.2, 0.25) is 5.91 Å². The number of nitrogens with one attached hydrogen (secondary N) is 2. The first-order valence-corrected chi connectivity index (χ1v) is 15.1. The van der Waals surface area contributed by atoms with E-state index in [4.69, 9.17) is 14.3 Å². The van der Waals surface area contributed by atoms with Gasteiger partial charge in [0.25, 0.3) is 0 Å². The molecule has 9 nitrogen and oxygen atoms in total. The molecule has 0 spiro atoms. The Bertz CT molecular complexity index is 1490. The lowest BCUT2D eigenvalue weighted by Gasteiger charge is -2.22. The molecular formula is C27H27N3O6S3. The predicted molar refractivity (Wildman–Crippen MR) is 152 cm³/mol. The van der Waals surface area contributed by atoms with Crippen molar-refractivity contribution in [3.63, 3.8) is 0 Å². The van der Waals surface area contributed by atoms with Crippen LogP contribution in [0, 0.1) is 5.92 Å². The number of nitrogens with zero attached hydrogens (tertiary/aromatic N) is 1. The van der Waals surface area contributed by atoms with Crippen molar-refractivity contribution in [3.05, 3.63) is 94.3 Å². The minimum atomic E-state index is -4.39.